The van der Waals surface area contributed by atoms with Crippen LogP contribution >= 0.6 is 0 Å². The molecule has 0 atom stereocenters. The monoisotopic (exact) mass is 435 g/mol. The van der Waals surface area contributed by atoms with Crippen LogP contribution in [-0.2, 0) is 20.9 Å². The molecule has 1 aromatic heterocycles. The summed E-state index contributed by atoms with van der Waals surface area (Å²) in [5.74, 6) is -0.579. The van der Waals surface area contributed by atoms with E-state index >= 15 is 0 Å². The molecule has 1 fully saturated rings. The Morgan fingerprint density at radius 3 is 2.47 bits per heavy atom. The van der Waals surface area contributed by atoms with Crippen LogP contribution in [0.1, 0.15) is 10.4 Å². The van der Waals surface area contributed by atoms with Gasteiger partial charge in [0.1, 0.15) is 18.9 Å². The molecule has 1 saturated heterocycles. The summed E-state index contributed by atoms with van der Waals surface area (Å²) in [7, 11) is 0. The van der Waals surface area contributed by atoms with Gasteiger partial charge in [-0.25, -0.2) is 0 Å². The molecular weight excluding hydrogens is 410 g/mol. The Hall–Kier alpha value is -3.65. The summed E-state index contributed by atoms with van der Waals surface area (Å²) in [6.07, 6.45) is 1.59. The van der Waals surface area contributed by atoms with E-state index in [9.17, 15) is 14.4 Å². The average molecular weight is 435 g/mol. The molecule has 32 heavy (non-hydrogen) atoms. The van der Waals surface area contributed by atoms with Gasteiger partial charge in [0, 0.05) is 30.2 Å². The maximum atomic E-state index is 12.9. The van der Waals surface area contributed by atoms with Crippen molar-refractivity contribution in [2.45, 2.75) is 6.54 Å². The molecule has 0 unspecified atom stereocenters. The largest absolute Gasteiger partial charge is 0.492 e. The van der Waals surface area contributed by atoms with Crippen LogP contribution in [0.2, 0.25) is 0 Å². The zero-order chi connectivity index (χ0) is 22.3. The van der Waals surface area contributed by atoms with E-state index in [4.69, 9.17) is 9.47 Å². The van der Waals surface area contributed by atoms with Crippen LogP contribution in [0.4, 0.5) is 0 Å². The normalized spacial score (nSPS) is 13.7. The number of amides is 2. The molecule has 2 aromatic carbocycles. The maximum absolute atomic E-state index is 12.9. The number of ketones is 1. The van der Waals surface area contributed by atoms with Crippen molar-refractivity contribution < 1.29 is 23.9 Å². The number of rotatable bonds is 8. The van der Waals surface area contributed by atoms with Crippen LogP contribution < -0.4 is 10.1 Å². The second-order valence-corrected chi connectivity index (χ2v) is 7.43. The minimum absolute atomic E-state index is 0.0326. The highest BCUT2D eigenvalue weighted by Crippen LogP contribution is 2.22. The SMILES string of the molecule is O=C(Cn1cc(C(=O)C(=O)N2CCOCC2)c2ccccc21)NCCOc1ccccc1. The summed E-state index contributed by atoms with van der Waals surface area (Å²) in [4.78, 5) is 39.6. The number of benzene rings is 2. The number of nitrogens with one attached hydrogen (secondary N) is 1. The summed E-state index contributed by atoms with van der Waals surface area (Å²) in [5, 5.41) is 3.47. The Morgan fingerprint density at radius 1 is 0.969 bits per heavy atom. The van der Waals surface area contributed by atoms with Gasteiger partial charge in [0.2, 0.25) is 5.91 Å². The van der Waals surface area contributed by atoms with Crippen LogP contribution in [0, 0.1) is 0 Å². The second kappa shape index (κ2) is 10.1. The highest BCUT2D eigenvalue weighted by molar-refractivity contribution is 6.44. The molecule has 1 aliphatic heterocycles. The number of Topliss-reactive ketones (excluding diaryl/α,β-unsaturated/α-hetero) is 1. The van der Waals surface area contributed by atoms with Crippen molar-refractivity contribution in [1.82, 2.24) is 14.8 Å². The minimum atomic E-state index is -0.571. The lowest BCUT2D eigenvalue weighted by molar-refractivity contribution is -0.130. The van der Waals surface area contributed by atoms with Gasteiger partial charge >= 0.3 is 0 Å². The molecule has 0 radical (unpaired) electrons. The molecule has 0 bridgehead atoms. The number of fused-ring (bicyclic) bond motifs is 1. The maximum Gasteiger partial charge on any atom is 0.295 e. The van der Waals surface area contributed by atoms with Crippen molar-refractivity contribution in [3.63, 3.8) is 0 Å². The summed E-state index contributed by atoms with van der Waals surface area (Å²) in [6.45, 7) is 2.39. The molecule has 1 aliphatic rings. The van der Waals surface area contributed by atoms with E-state index in [2.05, 4.69) is 5.32 Å². The number of carbonyl (C=O) groups excluding carboxylic acids is 3. The molecular formula is C24H25N3O5. The van der Waals surface area contributed by atoms with Crippen molar-refractivity contribution >= 4 is 28.5 Å². The fraction of sp³-hybridized carbons (Fsp3) is 0.292. The van der Waals surface area contributed by atoms with Gasteiger partial charge in [0.15, 0.2) is 0 Å². The van der Waals surface area contributed by atoms with Gasteiger partial charge in [0.05, 0.1) is 25.3 Å². The van der Waals surface area contributed by atoms with E-state index in [1.807, 2.05) is 48.5 Å². The first kappa shape index (κ1) is 21.6. The van der Waals surface area contributed by atoms with Gasteiger partial charge in [0.25, 0.3) is 11.7 Å². The lowest BCUT2D eigenvalue weighted by atomic mass is 10.1. The fourth-order valence-electron chi connectivity index (χ4n) is 3.67. The molecule has 0 spiro atoms. The van der Waals surface area contributed by atoms with Gasteiger partial charge in [-0.15, -0.1) is 0 Å². The van der Waals surface area contributed by atoms with Gasteiger partial charge in [-0.2, -0.15) is 0 Å². The molecule has 2 amide bonds. The van der Waals surface area contributed by atoms with Crippen molar-refractivity contribution in [2.75, 3.05) is 39.5 Å². The van der Waals surface area contributed by atoms with Crippen LogP contribution in [0.25, 0.3) is 10.9 Å². The summed E-state index contributed by atoms with van der Waals surface area (Å²) in [5.41, 5.74) is 1.03. The number of nitrogens with zero attached hydrogens (tertiary/aromatic N) is 2. The van der Waals surface area contributed by atoms with E-state index < -0.39 is 11.7 Å². The summed E-state index contributed by atoms with van der Waals surface area (Å²) >= 11 is 0. The number of morpholine rings is 1. The second-order valence-electron chi connectivity index (χ2n) is 7.43. The Labute approximate surface area is 185 Å². The topological polar surface area (TPSA) is 89.9 Å². The quantitative estimate of drug-likeness (QED) is 0.332. The Balaban J connectivity index is 1.41. The van der Waals surface area contributed by atoms with Crippen molar-refractivity contribution in [3.05, 3.63) is 66.4 Å². The van der Waals surface area contributed by atoms with Crippen LogP contribution in [0.15, 0.2) is 60.8 Å². The number of hydrogen-bond acceptors (Lipinski definition) is 5. The van der Waals surface area contributed by atoms with Crippen LogP contribution in [0.3, 0.4) is 0 Å². The van der Waals surface area contributed by atoms with Crippen molar-refractivity contribution in [3.8, 4) is 5.75 Å². The average Bonchev–Trinajstić information content (AvgIpc) is 3.20. The number of carbonyl (C=O) groups is 3. The predicted molar refractivity (Wildman–Crippen MR) is 119 cm³/mol. The van der Waals surface area contributed by atoms with E-state index in [0.717, 1.165) is 11.3 Å². The molecule has 0 aliphatic carbocycles. The van der Waals surface area contributed by atoms with Crippen molar-refractivity contribution in [2.24, 2.45) is 0 Å². The first-order valence-electron chi connectivity index (χ1n) is 10.6. The van der Waals surface area contributed by atoms with Crippen LogP contribution in [0.5, 0.6) is 5.75 Å². The van der Waals surface area contributed by atoms with Crippen LogP contribution in [-0.4, -0.2) is 66.5 Å². The van der Waals surface area contributed by atoms with Gasteiger partial charge in [-0.05, 0) is 18.2 Å². The first-order valence-corrected chi connectivity index (χ1v) is 10.6. The van der Waals surface area contributed by atoms with E-state index in [1.165, 1.54) is 4.90 Å². The number of para-hydroxylation sites is 2. The standard InChI is InChI=1S/C24H25N3O5/c28-22(25-10-13-32-18-6-2-1-3-7-18)17-27-16-20(19-8-4-5-9-21(19)27)23(29)24(30)26-11-14-31-15-12-26/h1-9,16H,10-15,17H2,(H,25,28). The van der Waals surface area contributed by atoms with E-state index in [1.54, 1.807) is 16.8 Å². The first-order chi connectivity index (χ1) is 15.6. The molecule has 8 heteroatoms. The molecule has 2 heterocycles. The zero-order valence-electron chi connectivity index (χ0n) is 17.7. The van der Waals surface area contributed by atoms with E-state index in [0.29, 0.717) is 50.4 Å². The highest BCUT2D eigenvalue weighted by atomic mass is 16.5. The Bertz CT molecular complexity index is 1100. The third-order valence-corrected chi connectivity index (χ3v) is 5.28. The fourth-order valence-corrected chi connectivity index (χ4v) is 3.67. The number of ether oxygens (including phenoxy) is 2. The zero-order valence-corrected chi connectivity index (χ0v) is 17.7. The number of aromatic nitrogens is 1. The van der Waals surface area contributed by atoms with E-state index in [-0.39, 0.29) is 12.5 Å². The van der Waals surface area contributed by atoms with Crippen molar-refractivity contribution in [1.29, 1.82) is 0 Å². The summed E-state index contributed by atoms with van der Waals surface area (Å²) in [6, 6.07) is 16.6. The van der Waals surface area contributed by atoms with Gasteiger partial charge in [-0.1, -0.05) is 36.4 Å². The summed E-state index contributed by atoms with van der Waals surface area (Å²) < 4.78 is 12.5. The Morgan fingerprint density at radius 2 is 1.69 bits per heavy atom. The number of hydrogen-bond donors (Lipinski definition) is 1. The Kier molecular flexibility index (Phi) is 6.81. The lowest BCUT2D eigenvalue weighted by Crippen LogP contribution is -2.44. The predicted octanol–water partition coefficient (Wildman–Crippen LogP) is 1.88. The highest BCUT2D eigenvalue weighted by Gasteiger charge is 2.27. The molecule has 1 N–H and O–H groups in total. The smallest absolute Gasteiger partial charge is 0.295 e. The molecule has 4 rings (SSSR count). The lowest BCUT2D eigenvalue weighted by Gasteiger charge is -2.25. The van der Waals surface area contributed by atoms with Gasteiger partial charge < -0.3 is 24.3 Å². The third-order valence-electron chi connectivity index (χ3n) is 5.28. The molecule has 3 aromatic rings. The molecule has 8 nitrogen and oxygen atoms in total. The molecule has 0 saturated carbocycles. The molecule has 166 valence electrons. The van der Waals surface area contributed by atoms with Gasteiger partial charge in [-0.3, -0.25) is 14.4 Å². The third kappa shape index (κ3) is 4.97. The minimum Gasteiger partial charge on any atom is -0.492 e.